The van der Waals surface area contributed by atoms with Crippen molar-refractivity contribution in [2.45, 2.75) is 51.0 Å². The quantitative estimate of drug-likeness (QED) is 0.497. The Hall–Kier alpha value is -1.78. The first-order chi connectivity index (χ1) is 10.2. The molecule has 1 aliphatic rings. The Morgan fingerprint density at radius 3 is 2.71 bits per heavy atom. The van der Waals surface area contributed by atoms with Crippen molar-refractivity contribution in [2.75, 3.05) is 6.67 Å². The van der Waals surface area contributed by atoms with E-state index in [9.17, 15) is 18.8 Å². The van der Waals surface area contributed by atoms with Crippen LogP contribution in [0.3, 0.4) is 0 Å². The third kappa shape index (κ3) is 6.97. The highest BCUT2D eigenvalue weighted by Crippen LogP contribution is 2.11. The van der Waals surface area contributed by atoms with Gasteiger partial charge in [-0.1, -0.05) is 31.1 Å². The molecular formula is C16H22FNO3. The third-order valence-corrected chi connectivity index (χ3v) is 3.36. The van der Waals surface area contributed by atoms with Crippen molar-refractivity contribution in [3.63, 3.8) is 0 Å². The molecule has 0 aromatic carbocycles. The lowest BCUT2D eigenvalue weighted by Gasteiger charge is -2.14. The molecule has 0 radical (unpaired) electrons. The molecular weight excluding hydrogens is 273 g/mol. The zero-order valence-corrected chi connectivity index (χ0v) is 12.1. The zero-order valence-electron chi connectivity index (χ0n) is 12.1. The number of aldehydes is 1. The van der Waals surface area contributed by atoms with Crippen molar-refractivity contribution in [1.29, 1.82) is 0 Å². The first-order valence-electron chi connectivity index (χ1n) is 7.38. The average Bonchev–Trinajstić information content (AvgIpc) is 2.53. The summed E-state index contributed by atoms with van der Waals surface area (Å²) in [6.45, 7) is -0.907. The standard InChI is InChI=1S/C16H22FNO3/c17-11-15(20)10-6-2-5-9-14(12-19)18-16(21)13-7-3-1-4-8-13/h3,7-8,12,14H,1-2,4-6,9-11H2,(H,18,21)/t14-/m0/s1. The molecule has 0 heterocycles. The summed E-state index contributed by atoms with van der Waals surface area (Å²) in [5.74, 6) is -0.609. The van der Waals surface area contributed by atoms with E-state index in [0.29, 0.717) is 18.4 Å². The van der Waals surface area contributed by atoms with Crippen LogP contribution >= 0.6 is 0 Å². The highest BCUT2D eigenvalue weighted by Gasteiger charge is 2.14. The normalized spacial score (nSPS) is 15.2. The van der Waals surface area contributed by atoms with E-state index in [0.717, 1.165) is 32.0 Å². The van der Waals surface area contributed by atoms with Crippen molar-refractivity contribution in [3.8, 4) is 0 Å². The van der Waals surface area contributed by atoms with E-state index in [-0.39, 0.29) is 18.1 Å². The summed E-state index contributed by atoms with van der Waals surface area (Å²) in [6, 6.07) is -0.509. The molecule has 116 valence electrons. The van der Waals surface area contributed by atoms with Gasteiger partial charge in [0.25, 0.3) is 5.91 Å². The number of ketones is 1. The molecule has 0 spiro atoms. The van der Waals surface area contributed by atoms with Crippen molar-refractivity contribution in [3.05, 3.63) is 23.8 Å². The molecule has 1 aliphatic carbocycles. The van der Waals surface area contributed by atoms with Gasteiger partial charge < -0.3 is 10.1 Å². The molecule has 4 nitrogen and oxygen atoms in total. The number of hydrogen-bond acceptors (Lipinski definition) is 3. The van der Waals surface area contributed by atoms with Gasteiger partial charge in [0.15, 0.2) is 5.78 Å². The predicted molar refractivity (Wildman–Crippen MR) is 78.5 cm³/mol. The van der Waals surface area contributed by atoms with Crippen molar-refractivity contribution >= 4 is 18.0 Å². The van der Waals surface area contributed by atoms with E-state index in [4.69, 9.17) is 0 Å². The number of halogens is 1. The Bertz CT molecular complexity index is 429. The maximum atomic E-state index is 11.9. The third-order valence-electron chi connectivity index (χ3n) is 3.36. The van der Waals surface area contributed by atoms with Crippen molar-refractivity contribution < 1.29 is 18.8 Å². The van der Waals surface area contributed by atoms with Gasteiger partial charge in [-0.25, -0.2) is 4.39 Å². The Labute approximate surface area is 124 Å². The number of unbranched alkanes of at least 4 members (excludes halogenated alkanes) is 2. The van der Waals surface area contributed by atoms with Crippen LogP contribution in [0.4, 0.5) is 4.39 Å². The molecule has 1 amide bonds. The molecule has 21 heavy (non-hydrogen) atoms. The first-order valence-corrected chi connectivity index (χ1v) is 7.38. The van der Waals surface area contributed by atoms with Crippen LogP contribution in [0.25, 0.3) is 0 Å². The van der Waals surface area contributed by atoms with Crippen LogP contribution in [-0.2, 0) is 14.4 Å². The van der Waals surface area contributed by atoms with E-state index >= 15 is 0 Å². The molecule has 0 bridgehead atoms. The minimum atomic E-state index is -0.907. The second-order valence-corrected chi connectivity index (χ2v) is 5.13. The summed E-state index contributed by atoms with van der Waals surface area (Å²) in [6.07, 6.45) is 10.9. The first kappa shape index (κ1) is 17.3. The van der Waals surface area contributed by atoms with E-state index in [2.05, 4.69) is 5.32 Å². The molecule has 1 N–H and O–H groups in total. The molecule has 5 heteroatoms. The second kappa shape index (κ2) is 10.0. The van der Waals surface area contributed by atoms with E-state index in [1.54, 1.807) is 6.08 Å². The highest BCUT2D eigenvalue weighted by molar-refractivity contribution is 5.97. The number of rotatable bonds is 10. The number of hydrogen-bond donors (Lipinski definition) is 1. The number of carbonyl (C=O) groups excluding carboxylic acids is 3. The SMILES string of the molecule is O=C[C@H](CCCCCC(=O)CF)NC(=O)C1=CCCC=C1. The summed E-state index contributed by atoms with van der Waals surface area (Å²) in [5.41, 5.74) is 0.599. The second-order valence-electron chi connectivity index (χ2n) is 5.13. The number of nitrogens with one attached hydrogen (secondary N) is 1. The number of amides is 1. The average molecular weight is 295 g/mol. The van der Waals surface area contributed by atoms with E-state index < -0.39 is 12.7 Å². The fourth-order valence-electron chi connectivity index (χ4n) is 2.14. The van der Waals surface area contributed by atoms with Gasteiger partial charge in [0.05, 0.1) is 6.04 Å². The lowest BCUT2D eigenvalue weighted by atomic mass is 10.0. The number of alkyl halides is 1. The molecule has 1 rings (SSSR count). The maximum Gasteiger partial charge on any atom is 0.251 e. The van der Waals surface area contributed by atoms with Gasteiger partial charge in [-0.05, 0) is 25.7 Å². The summed E-state index contributed by atoms with van der Waals surface area (Å²) in [4.78, 5) is 33.7. The molecule has 0 saturated carbocycles. The van der Waals surface area contributed by atoms with Crippen LogP contribution in [0, 0.1) is 0 Å². The van der Waals surface area contributed by atoms with Gasteiger partial charge in [-0.3, -0.25) is 9.59 Å². The Kier molecular flexibility index (Phi) is 8.24. The maximum absolute atomic E-state index is 11.9. The van der Waals surface area contributed by atoms with Crippen molar-refractivity contribution in [1.82, 2.24) is 5.32 Å². The minimum Gasteiger partial charge on any atom is -0.343 e. The van der Waals surface area contributed by atoms with Crippen LogP contribution in [0.5, 0.6) is 0 Å². The summed E-state index contributed by atoms with van der Waals surface area (Å²) in [7, 11) is 0. The molecule has 0 fully saturated rings. The predicted octanol–water partition coefficient (Wildman–Crippen LogP) is 2.44. The number of Topliss-reactive ketones (excluding diaryl/α,β-unsaturated/α-hetero) is 1. The molecule has 1 atom stereocenters. The van der Waals surface area contributed by atoms with Crippen LogP contribution in [0.1, 0.15) is 44.9 Å². The van der Waals surface area contributed by atoms with E-state index in [1.165, 1.54) is 0 Å². The Morgan fingerprint density at radius 1 is 1.29 bits per heavy atom. The molecule has 0 unspecified atom stereocenters. The fraction of sp³-hybridized carbons (Fsp3) is 0.562. The number of carbonyl (C=O) groups is 3. The zero-order chi connectivity index (χ0) is 15.5. The van der Waals surface area contributed by atoms with Crippen molar-refractivity contribution in [2.24, 2.45) is 0 Å². The Morgan fingerprint density at radius 2 is 2.10 bits per heavy atom. The molecule has 0 aromatic heterocycles. The van der Waals surface area contributed by atoms with Crippen LogP contribution in [0.15, 0.2) is 23.8 Å². The lowest BCUT2D eigenvalue weighted by molar-refractivity contribution is -0.120. The summed E-state index contributed by atoms with van der Waals surface area (Å²) in [5, 5.41) is 2.69. The summed E-state index contributed by atoms with van der Waals surface area (Å²) < 4.78 is 11.9. The van der Waals surface area contributed by atoms with Crippen LogP contribution < -0.4 is 5.32 Å². The Balaban J connectivity index is 2.23. The largest absolute Gasteiger partial charge is 0.343 e. The molecule has 0 aromatic rings. The van der Waals surface area contributed by atoms with Crippen LogP contribution in [-0.4, -0.2) is 30.7 Å². The molecule has 0 saturated heterocycles. The summed E-state index contributed by atoms with van der Waals surface area (Å²) >= 11 is 0. The minimum absolute atomic E-state index is 0.226. The monoisotopic (exact) mass is 295 g/mol. The fourth-order valence-corrected chi connectivity index (χ4v) is 2.14. The smallest absolute Gasteiger partial charge is 0.251 e. The van der Waals surface area contributed by atoms with Gasteiger partial charge in [0.1, 0.15) is 13.0 Å². The van der Waals surface area contributed by atoms with Crippen LogP contribution in [0.2, 0.25) is 0 Å². The number of allylic oxidation sites excluding steroid dienone is 2. The van der Waals surface area contributed by atoms with Gasteiger partial charge in [0.2, 0.25) is 0 Å². The topological polar surface area (TPSA) is 63.2 Å². The van der Waals surface area contributed by atoms with E-state index in [1.807, 2.05) is 12.2 Å². The van der Waals surface area contributed by atoms with Gasteiger partial charge >= 0.3 is 0 Å². The van der Waals surface area contributed by atoms with Gasteiger partial charge in [-0.2, -0.15) is 0 Å². The van der Waals surface area contributed by atoms with Gasteiger partial charge in [-0.15, -0.1) is 0 Å². The lowest BCUT2D eigenvalue weighted by Crippen LogP contribution is -2.36. The van der Waals surface area contributed by atoms with Gasteiger partial charge in [0, 0.05) is 12.0 Å². The highest BCUT2D eigenvalue weighted by atomic mass is 19.1. The molecule has 0 aliphatic heterocycles.